The van der Waals surface area contributed by atoms with Crippen LogP contribution in [0.2, 0.25) is 5.02 Å². The maximum atomic E-state index is 13.9. The number of hydrogen-bond donors (Lipinski definition) is 2. The molecule has 0 spiro atoms. The molecule has 5 nitrogen and oxygen atoms in total. The molecule has 1 saturated heterocycles. The highest BCUT2D eigenvalue weighted by Gasteiger charge is 2.51. The van der Waals surface area contributed by atoms with E-state index < -0.39 is 34.1 Å². The Hall–Kier alpha value is -2.51. The Morgan fingerprint density at radius 3 is 2.62 bits per heavy atom. The lowest BCUT2D eigenvalue weighted by atomic mass is 10.0. The first-order chi connectivity index (χ1) is 12.3. The molecule has 26 heavy (non-hydrogen) atoms. The highest BCUT2D eigenvalue weighted by molar-refractivity contribution is 6.31. The molecule has 2 aromatic rings. The minimum absolute atomic E-state index is 0.0567. The van der Waals surface area contributed by atoms with Crippen LogP contribution < -0.4 is 10.2 Å². The number of carbonyl (C=O) groups excluding carboxylic acids is 2. The zero-order valence-electron chi connectivity index (χ0n) is 13.5. The predicted octanol–water partition coefficient (Wildman–Crippen LogP) is 2.40. The summed E-state index contributed by atoms with van der Waals surface area (Å²) in [5, 5.41) is 12.2. The summed E-state index contributed by atoms with van der Waals surface area (Å²) >= 11 is 5.49. The van der Waals surface area contributed by atoms with Gasteiger partial charge in [-0.05, 0) is 18.2 Å². The highest BCUT2D eigenvalue weighted by atomic mass is 35.5. The van der Waals surface area contributed by atoms with Crippen LogP contribution in [0.5, 0.6) is 0 Å². The number of rotatable bonds is 4. The first-order valence-electron chi connectivity index (χ1n) is 7.84. The number of anilines is 1. The van der Waals surface area contributed by atoms with E-state index >= 15 is 0 Å². The number of benzene rings is 2. The van der Waals surface area contributed by atoms with Gasteiger partial charge in [-0.25, -0.2) is 8.78 Å². The normalized spacial score (nSPS) is 19.7. The van der Waals surface area contributed by atoms with E-state index in [2.05, 4.69) is 5.32 Å². The second-order valence-electron chi connectivity index (χ2n) is 5.92. The van der Waals surface area contributed by atoms with E-state index in [1.54, 1.807) is 30.3 Å². The Labute approximate surface area is 153 Å². The van der Waals surface area contributed by atoms with Crippen LogP contribution in [0.1, 0.15) is 12.0 Å². The maximum absolute atomic E-state index is 13.9. The quantitative estimate of drug-likeness (QED) is 0.632. The molecule has 136 valence electrons. The van der Waals surface area contributed by atoms with Crippen molar-refractivity contribution in [1.29, 1.82) is 0 Å². The number of carbonyl (C=O) groups is 2. The van der Waals surface area contributed by atoms with Crippen molar-refractivity contribution in [2.45, 2.75) is 18.6 Å². The molecule has 0 radical (unpaired) electrons. The van der Waals surface area contributed by atoms with E-state index in [0.717, 1.165) is 12.1 Å². The molecular weight excluding hydrogens is 366 g/mol. The van der Waals surface area contributed by atoms with Crippen molar-refractivity contribution in [1.82, 2.24) is 5.32 Å². The van der Waals surface area contributed by atoms with Crippen LogP contribution in [0, 0.1) is 11.6 Å². The lowest BCUT2D eigenvalue weighted by Crippen LogP contribution is -2.52. The summed E-state index contributed by atoms with van der Waals surface area (Å²) in [7, 11) is 0. The summed E-state index contributed by atoms with van der Waals surface area (Å²) in [6.45, 7) is -0.172. The van der Waals surface area contributed by atoms with Gasteiger partial charge in [0, 0.05) is 30.8 Å². The molecule has 1 aliphatic heterocycles. The van der Waals surface area contributed by atoms with E-state index in [1.165, 1.54) is 4.90 Å². The Morgan fingerprint density at radius 2 is 1.92 bits per heavy atom. The summed E-state index contributed by atoms with van der Waals surface area (Å²) in [5.41, 5.74) is -1.73. The zero-order valence-corrected chi connectivity index (χ0v) is 14.3. The van der Waals surface area contributed by atoms with E-state index in [-0.39, 0.29) is 25.1 Å². The van der Waals surface area contributed by atoms with Crippen molar-refractivity contribution in [2.24, 2.45) is 0 Å². The van der Waals surface area contributed by atoms with Gasteiger partial charge >= 0.3 is 0 Å². The fourth-order valence-corrected chi connectivity index (χ4v) is 2.98. The van der Waals surface area contributed by atoms with Crippen LogP contribution in [0.4, 0.5) is 14.5 Å². The second kappa shape index (κ2) is 7.01. The minimum atomic E-state index is -2.24. The average molecular weight is 381 g/mol. The van der Waals surface area contributed by atoms with E-state index in [0.29, 0.717) is 5.69 Å². The van der Waals surface area contributed by atoms with Crippen LogP contribution in [-0.2, 0) is 16.1 Å². The predicted molar refractivity (Wildman–Crippen MR) is 91.6 cm³/mol. The topological polar surface area (TPSA) is 69.6 Å². The third-order valence-electron chi connectivity index (χ3n) is 4.29. The van der Waals surface area contributed by atoms with Gasteiger partial charge in [0.1, 0.15) is 16.7 Å². The summed E-state index contributed by atoms with van der Waals surface area (Å²) < 4.78 is 27.1. The van der Waals surface area contributed by atoms with Gasteiger partial charge in [-0.15, -0.1) is 0 Å². The summed E-state index contributed by atoms with van der Waals surface area (Å²) in [6, 6.07) is 10.7. The van der Waals surface area contributed by atoms with Crippen molar-refractivity contribution < 1.29 is 23.5 Å². The van der Waals surface area contributed by atoms with Gasteiger partial charge in [0.25, 0.3) is 11.8 Å². The van der Waals surface area contributed by atoms with Gasteiger partial charge < -0.3 is 15.3 Å². The number of nitrogens with zero attached hydrogens (tertiary/aromatic N) is 1. The fourth-order valence-electron chi connectivity index (χ4n) is 2.79. The molecular formula is C18H15ClF2N2O3. The Kier molecular flexibility index (Phi) is 4.93. The smallest absolute Gasteiger partial charge is 0.268 e. The molecule has 0 aromatic heterocycles. The molecule has 8 heteroatoms. The van der Waals surface area contributed by atoms with Gasteiger partial charge in [0.15, 0.2) is 0 Å². The Bertz CT molecular complexity index is 863. The summed E-state index contributed by atoms with van der Waals surface area (Å²) in [4.78, 5) is 26.2. The van der Waals surface area contributed by atoms with Gasteiger partial charge in [-0.3, -0.25) is 9.59 Å². The van der Waals surface area contributed by atoms with Crippen molar-refractivity contribution in [2.75, 3.05) is 11.4 Å². The SMILES string of the molecule is O=C(NCc1ccc(F)c(Cl)c1F)[C@@]1(O)CCN(c2ccccc2)C1=O. The van der Waals surface area contributed by atoms with Crippen LogP contribution in [0.25, 0.3) is 0 Å². The molecule has 2 N–H and O–H groups in total. The summed E-state index contributed by atoms with van der Waals surface area (Å²) in [5.74, 6) is -3.61. The average Bonchev–Trinajstić information content (AvgIpc) is 2.96. The molecule has 0 saturated carbocycles. The van der Waals surface area contributed by atoms with Gasteiger partial charge in [-0.2, -0.15) is 0 Å². The number of nitrogens with one attached hydrogen (secondary N) is 1. The molecule has 1 atom stereocenters. The lowest BCUT2D eigenvalue weighted by Gasteiger charge is -2.22. The molecule has 1 heterocycles. The number of aliphatic hydroxyl groups is 1. The monoisotopic (exact) mass is 380 g/mol. The van der Waals surface area contributed by atoms with E-state index in [9.17, 15) is 23.5 Å². The first-order valence-corrected chi connectivity index (χ1v) is 8.22. The molecule has 0 bridgehead atoms. The molecule has 3 rings (SSSR count). The van der Waals surface area contributed by atoms with Crippen molar-refractivity contribution in [3.63, 3.8) is 0 Å². The number of halogens is 3. The van der Waals surface area contributed by atoms with Crippen LogP contribution in [-0.4, -0.2) is 29.1 Å². The maximum Gasteiger partial charge on any atom is 0.268 e. The van der Waals surface area contributed by atoms with Crippen LogP contribution in [0.3, 0.4) is 0 Å². The standard InChI is InChI=1S/C18H15ClF2N2O3/c19-14-13(20)7-6-11(15(14)21)10-22-16(24)18(26)8-9-23(17(18)25)12-4-2-1-3-5-12/h1-7,26H,8-10H2,(H,22,24)/t18-/m0/s1. The molecule has 2 aromatic carbocycles. The van der Waals surface area contributed by atoms with Gasteiger partial charge in [-0.1, -0.05) is 35.9 Å². The third-order valence-corrected chi connectivity index (χ3v) is 4.64. The van der Waals surface area contributed by atoms with E-state index in [4.69, 9.17) is 11.6 Å². The van der Waals surface area contributed by atoms with E-state index in [1.807, 2.05) is 0 Å². The largest absolute Gasteiger partial charge is 0.372 e. The summed E-state index contributed by atoms with van der Waals surface area (Å²) in [6.07, 6.45) is -0.0980. The van der Waals surface area contributed by atoms with Crippen molar-refractivity contribution in [3.05, 3.63) is 64.7 Å². The zero-order chi connectivity index (χ0) is 18.9. The fraction of sp³-hybridized carbons (Fsp3) is 0.222. The highest BCUT2D eigenvalue weighted by Crippen LogP contribution is 2.29. The molecule has 2 amide bonds. The first kappa shape index (κ1) is 18.3. The number of amides is 2. The molecule has 1 aliphatic rings. The molecule has 0 aliphatic carbocycles. The number of hydrogen-bond acceptors (Lipinski definition) is 3. The van der Waals surface area contributed by atoms with Crippen LogP contribution >= 0.6 is 11.6 Å². The Balaban J connectivity index is 1.72. The van der Waals surface area contributed by atoms with Crippen molar-refractivity contribution in [3.8, 4) is 0 Å². The third kappa shape index (κ3) is 3.15. The molecule has 1 fully saturated rings. The second-order valence-corrected chi connectivity index (χ2v) is 6.30. The number of para-hydroxylation sites is 1. The minimum Gasteiger partial charge on any atom is -0.372 e. The lowest BCUT2D eigenvalue weighted by molar-refractivity contribution is -0.149. The van der Waals surface area contributed by atoms with Crippen molar-refractivity contribution >= 4 is 29.1 Å². The van der Waals surface area contributed by atoms with Gasteiger partial charge in [0.2, 0.25) is 5.60 Å². The van der Waals surface area contributed by atoms with Crippen LogP contribution in [0.15, 0.2) is 42.5 Å². The van der Waals surface area contributed by atoms with Gasteiger partial charge in [0.05, 0.1) is 0 Å². The Morgan fingerprint density at radius 1 is 1.23 bits per heavy atom. The molecule has 0 unspecified atom stereocenters.